The Kier molecular flexibility index (Phi) is 5.39. The molecule has 1 aromatic carbocycles. The smallest absolute Gasteiger partial charge is 0.104 e. The molecule has 1 atom stereocenters. The Labute approximate surface area is 125 Å². The van der Waals surface area contributed by atoms with Crippen molar-refractivity contribution in [2.45, 2.75) is 22.4 Å². The minimum Gasteiger partial charge on any atom is -0.395 e. The van der Waals surface area contributed by atoms with Crippen LogP contribution in [0.4, 0.5) is 0 Å². The van der Waals surface area contributed by atoms with Crippen LogP contribution in [0, 0.1) is 0 Å². The molecule has 100 valence electrons. The van der Waals surface area contributed by atoms with Crippen LogP contribution in [-0.2, 0) is 6.42 Å². The summed E-state index contributed by atoms with van der Waals surface area (Å²) in [5.74, 6) is 0. The maximum absolute atomic E-state index is 9.05. The summed E-state index contributed by atoms with van der Waals surface area (Å²) in [4.78, 5) is 5.52. The summed E-state index contributed by atoms with van der Waals surface area (Å²) in [6, 6.07) is 11.7. The van der Waals surface area contributed by atoms with Gasteiger partial charge in [0.05, 0.1) is 6.61 Å². The van der Waals surface area contributed by atoms with Crippen molar-refractivity contribution in [1.29, 1.82) is 0 Å². The number of hydrogen-bond donors (Lipinski definition) is 2. The molecule has 0 aliphatic carbocycles. The Morgan fingerprint density at radius 1 is 1.26 bits per heavy atom. The van der Waals surface area contributed by atoms with Crippen LogP contribution in [0.2, 0.25) is 0 Å². The summed E-state index contributed by atoms with van der Waals surface area (Å²) in [6.45, 7) is -0.0166. The van der Waals surface area contributed by atoms with Gasteiger partial charge in [0.2, 0.25) is 0 Å². The number of aliphatic hydroxyl groups excluding tert-OH is 1. The Morgan fingerprint density at radius 3 is 2.68 bits per heavy atom. The van der Waals surface area contributed by atoms with E-state index in [9.17, 15) is 0 Å². The zero-order valence-corrected chi connectivity index (χ0v) is 12.7. The third kappa shape index (κ3) is 4.31. The standard InChI is InChI=1S/C14H15BrN2OS/c15-11-3-5-13(6-4-11)19-14-10(2-1-7-17-14)8-12(16)9-18/h1-7,12,18H,8-9,16H2. The van der Waals surface area contributed by atoms with Crippen molar-refractivity contribution in [3.8, 4) is 0 Å². The minimum atomic E-state index is -0.242. The van der Waals surface area contributed by atoms with Crippen LogP contribution in [0.25, 0.3) is 0 Å². The first kappa shape index (κ1) is 14.5. The van der Waals surface area contributed by atoms with Gasteiger partial charge in [-0.3, -0.25) is 0 Å². The lowest BCUT2D eigenvalue weighted by Gasteiger charge is -2.11. The van der Waals surface area contributed by atoms with Gasteiger partial charge in [-0.15, -0.1) is 0 Å². The topological polar surface area (TPSA) is 59.1 Å². The molecule has 19 heavy (non-hydrogen) atoms. The molecule has 2 aromatic rings. The summed E-state index contributed by atoms with van der Waals surface area (Å²) in [5, 5.41) is 9.99. The van der Waals surface area contributed by atoms with Gasteiger partial charge in [0.15, 0.2) is 0 Å². The van der Waals surface area contributed by atoms with Crippen molar-refractivity contribution in [2.24, 2.45) is 5.73 Å². The van der Waals surface area contributed by atoms with Crippen LogP contribution in [0.1, 0.15) is 5.56 Å². The molecule has 1 aromatic heterocycles. The van der Waals surface area contributed by atoms with Crippen molar-refractivity contribution in [2.75, 3.05) is 6.61 Å². The largest absolute Gasteiger partial charge is 0.395 e. The highest BCUT2D eigenvalue weighted by Crippen LogP contribution is 2.29. The molecule has 0 spiro atoms. The van der Waals surface area contributed by atoms with Crippen LogP contribution < -0.4 is 5.73 Å². The van der Waals surface area contributed by atoms with E-state index < -0.39 is 0 Å². The molecule has 0 saturated heterocycles. The first-order valence-electron chi connectivity index (χ1n) is 5.93. The van der Waals surface area contributed by atoms with E-state index >= 15 is 0 Å². The molecule has 1 unspecified atom stereocenters. The molecule has 2 rings (SSSR count). The monoisotopic (exact) mass is 338 g/mol. The van der Waals surface area contributed by atoms with Crippen molar-refractivity contribution < 1.29 is 5.11 Å². The predicted molar refractivity (Wildman–Crippen MR) is 81.3 cm³/mol. The first-order chi connectivity index (χ1) is 9.19. The van der Waals surface area contributed by atoms with Crippen molar-refractivity contribution in [3.63, 3.8) is 0 Å². The third-order valence-corrected chi connectivity index (χ3v) is 4.19. The fraction of sp³-hybridized carbons (Fsp3) is 0.214. The highest BCUT2D eigenvalue weighted by atomic mass is 79.9. The first-order valence-corrected chi connectivity index (χ1v) is 7.53. The van der Waals surface area contributed by atoms with Gasteiger partial charge in [-0.25, -0.2) is 4.98 Å². The van der Waals surface area contributed by atoms with Gasteiger partial charge in [-0.2, -0.15) is 0 Å². The highest BCUT2D eigenvalue weighted by Gasteiger charge is 2.09. The van der Waals surface area contributed by atoms with Crippen LogP contribution >= 0.6 is 27.7 Å². The molecule has 0 radical (unpaired) electrons. The van der Waals surface area contributed by atoms with E-state index in [1.807, 2.05) is 36.4 Å². The van der Waals surface area contributed by atoms with Crippen molar-refractivity contribution in [1.82, 2.24) is 4.98 Å². The lowest BCUT2D eigenvalue weighted by atomic mass is 10.1. The third-order valence-electron chi connectivity index (χ3n) is 2.59. The average molecular weight is 339 g/mol. The molecule has 0 amide bonds. The van der Waals surface area contributed by atoms with Crippen LogP contribution in [0.15, 0.2) is 57.0 Å². The molecule has 0 aliphatic heterocycles. The fourth-order valence-electron chi connectivity index (χ4n) is 1.63. The highest BCUT2D eigenvalue weighted by molar-refractivity contribution is 9.10. The normalized spacial score (nSPS) is 12.4. The second-order valence-corrected chi connectivity index (χ2v) is 6.15. The van der Waals surface area contributed by atoms with Crippen LogP contribution in [0.5, 0.6) is 0 Å². The Bertz CT molecular complexity index is 533. The maximum Gasteiger partial charge on any atom is 0.104 e. The lowest BCUT2D eigenvalue weighted by Crippen LogP contribution is -2.27. The van der Waals surface area contributed by atoms with Crippen molar-refractivity contribution >= 4 is 27.7 Å². The van der Waals surface area contributed by atoms with Gasteiger partial charge in [-0.1, -0.05) is 33.8 Å². The number of pyridine rings is 1. The summed E-state index contributed by atoms with van der Waals surface area (Å²) in [6.07, 6.45) is 2.40. The molecule has 1 heterocycles. The molecule has 0 bridgehead atoms. The van der Waals surface area contributed by atoms with Gasteiger partial charge in [0, 0.05) is 21.6 Å². The Morgan fingerprint density at radius 2 is 2.00 bits per heavy atom. The lowest BCUT2D eigenvalue weighted by molar-refractivity contribution is 0.265. The molecule has 3 N–H and O–H groups in total. The van der Waals surface area contributed by atoms with Gasteiger partial charge in [-0.05, 0) is 42.3 Å². The number of benzene rings is 1. The number of hydrogen-bond acceptors (Lipinski definition) is 4. The average Bonchev–Trinajstić information content (AvgIpc) is 2.43. The van der Waals surface area contributed by atoms with Gasteiger partial charge in [0.25, 0.3) is 0 Å². The number of halogens is 1. The number of nitrogens with zero attached hydrogens (tertiary/aromatic N) is 1. The second kappa shape index (κ2) is 7.05. The van der Waals surface area contributed by atoms with Gasteiger partial charge < -0.3 is 10.8 Å². The van der Waals surface area contributed by atoms with Gasteiger partial charge >= 0.3 is 0 Å². The van der Waals surface area contributed by atoms with E-state index in [0.29, 0.717) is 6.42 Å². The second-order valence-electron chi connectivity index (χ2n) is 4.17. The summed E-state index contributed by atoms with van der Waals surface area (Å²) >= 11 is 5.02. The number of nitrogens with two attached hydrogens (primary N) is 1. The summed E-state index contributed by atoms with van der Waals surface area (Å²) < 4.78 is 1.06. The van der Waals surface area contributed by atoms with Crippen LogP contribution in [0.3, 0.4) is 0 Å². The molecule has 0 saturated carbocycles. The SMILES string of the molecule is NC(CO)Cc1cccnc1Sc1ccc(Br)cc1. The van der Waals surface area contributed by atoms with E-state index in [1.54, 1.807) is 18.0 Å². The zero-order valence-electron chi connectivity index (χ0n) is 10.3. The van der Waals surface area contributed by atoms with E-state index in [2.05, 4.69) is 20.9 Å². The fourth-order valence-corrected chi connectivity index (χ4v) is 2.79. The Hall–Kier alpha value is -0.880. The van der Waals surface area contributed by atoms with Crippen molar-refractivity contribution in [3.05, 3.63) is 52.6 Å². The number of aromatic nitrogens is 1. The summed E-state index contributed by atoms with van der Waals surface area (Å²) in [5.41, 5.74) is 6.86. The predicted octanol–water partition coefficient (Wildman–Crippen LogP) is 2.86. The number of rotatable bonds is 5. The minimum absolute atomic E-state index is 0.0166. The molecule has 0 aliphatic rings. The molecule has 0 fully saturated rings. The summed E-state index contributed by atoms with van der Waals surface area (Å²) in [7, 11) is 0. The quantitative estimate of drug-likeness (QED) is 0.879. The van der Waals surface area contributed by atoms with Crippen LogP contribution in [-0.4, -0.2) is 22.7 Å². The van der Waals surface area contributed by atoms with E-state index in [4.69, 9.17) is 10.8 Å². The molecule has 5 heteroatoms. The number of aliphatic hydroxyl groups is 1. The zero-order chi connectivity index (χ0) is 13.7. The molecular weight excluding hydrogens is 324 g/mol. The Balaban J connectivity index is 2.17. The molecule has 3 nitrogen and oxygen atoms in total. The van der Waals surface area contributed by atoms with Gasteiger partial charge in [0.1, 0.15) is 5.03 Å². The molecular formula is C14H15BrN2OS. The van der Waals surface area contributed by atoms with E-state index in [1.165, 1.54) is 0 Å². The maximum atomic E-state index is 9.05. The van der Waals surface area contributed by atoms with E-state index in [0.717, 1.165) is 20.0 Å². The van der Waals surface area contributed by atoms with E-state index in [-0.39, 0.29) is 12.6 Å².